The van der Waals surface area contributed by atoms with E-state index in [2.05, 4.69) is 30.6 Å². The van der Waals surface area contributed by atoms with Gasteiger partial charge in [0.25, 0.3) is 5.91 Å². The number of benzene rings is 1. The normalized spacial score (nSPS) is 20.5. The van der Waals surface area contributed by atoms with Crippen molar-refractivity contribution in [2.45, 2.75) is 57.7 Å². The fraction of sp³-hybridized carbons (Fsp3) is 0.500. The van der Waals surface area contributed by atoms with Crippen LogP contribution in [-0.2, 0) is 9.59 Å². The minimum absolute atomic E-state index is 0.103. The van der Waals surface area contributed by atoms with Crippen LogP contribution in [0, 0.1) is 0 Å². The van der Waals surface area contributed by atoms with Crippen molar-refractivity contribution < 1.29 is 14.3 Å². The first-order chi connectivity index (χ1) is 15.1. The molecule has 0 aliphatic carbocycles. The molecule has 4 rings (SSSR count). The standard InChI is InChI=1S/C24H31N3O3S/c1-3-17(4-2)25-24(29)21-15-26(18-9-5-6-11-20(18)30-21)16-23(28)27-13-7-10-19(27)22-12-8-14-31-22/h5-6,8-9,11-12,14,17,19,21H,3-4,7,10,13,15-16H2,1-2H3,(H,25,29). The van der Waals surface area contributed by atoms with Crippen LogP contribution in [0.2, 0.25) is 0 Å². The molecule has 0 spiro atoms. The molecule has 2 aromatic rings. The van der Waals surface area contributed by atoms with Crippen molar-refractivity contribution >= 4 is 28.8 Å². The van der Waals surface area contributed by atoms with Crippen molar-refractivity contribution in [3.05, 3.63) is 46.7 Å². The third-order valence-corrected chi connectivity index (χ3v) is 7.23. The molecule has 0 radical (unpaired) electrons. The highest BCUT2D eigenvalue weighted by molar-refractivity contribution is 7.10. The quantitative estimate of drug-likeness (QED) is 0.706. The number of nitrogens with one attached hydrogen (secondary N) is 1. The lowest BCUT2D eigenvalue weighted by Gasteiger charge is -2.37. The summed E-state index contributed by atoms with van der Waals surface area (Å²) in [7, 11) is 0. The molecule has 0 bridgehead atoms. The van der Waals surface area contributed by atoms with Gasteiger partial charge in [-0.2, -0.15) is 0 Å². The van der Waals surface area contributed by atoms with E-state index in [0.717, 1.165) is 37.9 Å². The number of ether oxygens (including phenoxy) is 1. The molecule has 0 saturated carbocycles. The Morgan fingerprint density at radius 3 is 2.74 bits per heavy atom. The van der Waals surface area contributed by atoms with Gasteiger partial charge in [-0.15, -0.1) is 11.3 Å². The first kappa shape index (κ1) is 21.7. The number of para-hydroxylation sites is 2. The number of nitrogens with zero attached hydrogens (tertiary/aromatic N) is 2. The van der Waals surface area contributed by atoms with Crippen LogP contribution in [-0.4, -0.2) is 48.5 Å². The summed E-state index contributed by atoms with van der Waals surface area (Å²) >= 11 is 1.71. The van der Waals surface area contributed by atoms with E-state index in [1.54, 1.807) is 11.3 Å². The van der Waals surface area contributed by atoms with E-state index in [1.807, 2.05) is 40.1 Å². The second-order valence-electron chi connectivity index (χ2n) is 8.24. The van der Waals surface area contributed by atoms with Crippen LogP contribution in [0.25, 0.3) is 0 Å². The molecule has 1 N–H and O–H groups in total. The van der Waals surface area contributed by atoms with E-state index in [-0.39, 0.29) is 30.4 Å². The summed E-state index contributed by atoms with van der Waals surface area (Å²) < 4.78 is 6.02. The van der Waals surface area contributed by atoms with Crippen molar-refractivity contribution in [1.82, 2.24) is 10.2 Å². The minimum Gasteiger partial charge on any atom is -0.477 e. The van der Waals surface area contributed by atoms with Crippen LogP contribution in [0.4, 0.5) is 5.69 Å². The SMILES string of the molecule is CCC(CC)NC(=O)C1CN(CC(=O)N2CCCC2c2cccs2)c2ccccc2O1. The zero-order valence-electron chi connectivity index (χ0n) is 18.3. The van der Waals surface area contributed by atoms with E-state index >= 15 is 0 Å². The number of rotatable bonds is 7. The van der Waals surface area contributed by atoms with Gasteiger partial charge in [-0.1, -0.05) is 32.0 Å². The Labute approximate surface area is 188 Å². The number of hydrogen-bond acceptors (Lipinski definition) is 5. The molecular weight excluding hydrogens is 410 g/mol. The van der Waals surface area contributed by atoms with E-state index in [0.29, 0.717) is 12.3 Å². The predicted molar refractivity (Wildman–Crippen MR) is 124 cm³/mol. The van der Waals surface area contributed by atoms with Crippen molar-refractivity contribution in [1.29, 1.82) is 0 Å². The van der Waals surface area contributed by atoms with Crippen LogP contribution in [0.1, 0.15) is 50.4 Å². The second-order valence-corrected chi connectivity index (χ2v) is 9.22. The number of likely N-dealkylation sites (tertiary alicyclic amines) is 1. The summed E-state index contributed by atoms with van der Waals surface area (Å²) in [6.07, 6.45) is 3.16. The highest BCUT2D eigenvalue weighted by atomic mass is 32.1. The van der Waals surface area contributed by atoms with Gasteiger partial charge in [0.2, 0.25) is 5.91 Å². The molecule has 2 unspecified atom stereocenters. The Bertz CT molecular complexity index is 897. The Morgan fingerprint density at radius 1 is 1.19 bits per heavy atom. The average Bonchev–Trinajstić information content (AvgIpc) is 3.49. The van der Waals surface area contributed by atoms with E-state index in [1.165, 1.54) is 4.88 Å². The number of thiophene rings is 1. The molecule has 2 atom stereocenters. The molecule has 1 aromatic heterocycles. The smallest absolute Gasteiger partial charge is 0.263 e. The van der Waals surface area contributed by atoms with Gasteiger partial charge in [-0.3, -0.25) is 9.59 Å². The lowest BCUT2D eigenvalue weighted by molar-refractivity contribution is -0.132. The van der Waals surface area contributed by atoms with Crippen LogP contribution < -0.4 is 15.0 Å². The van der Waals surface area contributed by atoms with E-state index in [9.17, 15) is 9.59 Å². The highest BCUT2D eigenvalue weighted by Gasteiger charge is 2.35. The molecule has 1 saturated heterocycles. The number of anilines is 1. The Hall–Kier alpha value is -2.54. The third kappa shape index (κ3) is 4.71. The average molecular weight is 442 g/mol. The summed E-state index contributed by atoms with van der Waals surface area (Å²) in [4.78, 5) is 31.4. The molecular formula is C24H31N3O3S. The maximum Gasteiger partial charge on any atom is 0.263 e. The first-order valence-corrected chi connectivity index (χ1v) is 12.1. The monoisotopic (exact) mass is 441 g/mol. The zero-order chi connectivity index (χ0) is 21.8. The number of carbonyl (C=O) groups is 2. The van der Waals surface area contributed by atoms with Gasteiger partial charge >= 0.3 is 0 Å². The summed E-state index contributed by atoms with van der Waals surface area (Å²) in [5.74, 6) is 0.646. The molecule has 1 aromatic carbocycles. The number of carbonyl (C=O) groups excluding carboxylic acids is 2. The van der Waals surface area contributed by atoms with Crippen molar-refractivity contribution in [3.8, 4) is 5.75 Å². The van der Waals surface area contributed by atoms with Gasteiger partial charge in [0.1, 0.15) is 5.75 Å². The van der Waals surface area contributed by atoms with Gasteiger partial charge in [-0.25, -0.2) is 0 Å². The molecule has 7 heteroatoms. The van der Waals surface area contributed by atoms with Crippen LogP contribution >= 0.6 is 11.3 Å². The number of hydrogen-bond donors (Lipinski definition) is 1. The summed E-state index contributed by atoms with van der Waals surface area (Å²) in [5, 5.41) is 5.15. The van der Waals surface area contributed by atoms with Gasteiger partial charge in [0.15, 0.2) is 6.10 Å². The lowest BCUT2D eigenvalue weighted by atomic mass is 10.1. The third-order valence-electron chi connectivity index (χ3n) is 6.26. The van der Waals surface area contributed by atoms with Crippen molar-refractivity contribution in [3.63, 3.8) is 0 Å². The van der Waals surface area contributed by atoms with Gasteiger partial charge in [-0.05, 0) is 49.3 Å². The fourth-order valence-electron chi connectivity index (χ4n) is 4.48. The molecule has 31 heavy (non-hydrogen) atoms. The first-order valence-electron chi connectivity index (χ1n) is 11.2. The lowest BCUT2D eigenvalue weighted by Crippen LogP contribution is -2.53. The maximum atomic E-state index is 13.3. The van der Waals surface area contributed by atoms with Crippen molar-refractivity contribution in [2.75, 3.05) is 24.5 Å². The summed E-state index contributed by atoms with van der Waals surface area (Å²) in [6.45, 7) is 5.53. The second kappa shape index (κ2) is 9.73. The Kier molecular flexibility index (Phi) is 6.80. The zero-order valence-corrected chi connectivity index (χ0v) is 19.1. The van der Waals surface area contributed by atoms with E-state index < -0.39 is 6.10 Å². The maximum absolute atomic E-state index is 13.3. The molecule has 6 nitrogen and oxygen atoms in total. The summed E-state index contributed by atoms with van der Waals surface area (Å²) in [6, 6.07) is 12.1. The highest BCUT2D eigenvalue weighted by Crippen LogP contribution is 2.36. The Morgan fingerprint density at radius 2 is 2.00 bits per heavy atom. The van der Waals surface area contributed by atoms with Gasteiger partial charge < -0.3 is 19.9 Å². The number of amides is 2. The number of fused-ring (bicyclic) bond motifs is 1. The molecule has 166 valence electrons. The minimum atomic E-state index is -0.630. The molecule has 1 fully saturated rings. The van der Waals surface area contributed by atoms with Crippen molar-refractivity contribution in [2.24, 2.45) is 0 Å². The Balaban J connectivity index is 1.50. The fourth-order valence-corrected chi connectivity index (χ4v) is 5.35. The van der Waals surface area contributed by atoms with E-state index in [4.69, 9.17) is 4.74 Å². The molecule has 2 amide bonds. The summed E-state index contributed by atoms with van der Waals surface area (Å²) in [5.41, 5.74) is 0.870. The molecule has 2 aliphatic rings. The van der Waals surface area contributed by atoms with Crippen LogP contribution in [0.15, 0.2) is 41.8 Å². The topological polar surface area (TPSA) is 61.9 Å². The van der Waals surface area contributed by atoms with Gasteiger partial charge in [0.05, 0.1) is 24.8 Å². The van der Waals surface area contributed by atoms with Gasteiger partial charge in [0, 0.05) is 17.5 Å². The largest absolute Gasteiger partial charge is 0.477 e. The van der Waals surface area contributed by atoms with Crippen LogP contribution in [0.3, 0.4) is 0 Å². The molecule has 3 heterocycles. The van der Waals surface area contributed by atoms with Crippen LogP contribution in [0.5, 0.6) is 5.75 Å². The predicted octanol–water partition coefficient (Wildman–Crippen LogP) is 3.98. The molecule has 2 aliphatic heterocycles.